The summed E-state index contributed by atoms with van der Waals surface area (Å²) in [6, 6.07) is 3.17. The number of nitrogen functional groups attached to an aromatic ring is 1. The quantitative estimate of drug-likeness (QED) is 0.741. The highest BCUT2D eigenvalue weighted by molar-refractivity contribution is 6.37. The van der Waals surface area contributed by atoms with Crippen molar-refractivity contribution in [1.82, 2.24) is 19.5 Å². The maximum Gasteiger partial charge on any atom is 0.272 e. The third-order valence-electron chi connectivity index (χ3n) is 3.19. The molecular formula is C14H11Cl2F2N5O. The van der Waals surface area contributed by atoms with Gasteiger partial charge in [-0.15, -0.1) is 0 Å². The first-order chi connectivity index (χ1) is 11.5. The zero-order valence-electron chi connectivity index (χ0n) is 12.1. The first-order valence-corrected chi connectivity index (χ1v) is 7.51. The Morgan fingerprint density at radius 1 is 1.17 bits per heavy atom. The molecule has 2 heterocycles. The van der Waals surface area contributed by atoms with Gasteiger partial charge in [-0.05, 0) is 17.7 Å². The Morgan fingerprint density at radius 3 is 2.54 bits per heavy atom. The molecule has 0 spiro atoms. The predicted molar refractivity (Wildman–Crippen MR) is 85.9 cm³/mol. The minimum Gasteiger partial charge on any atom is -0.485 e. The summed E-state index contributed by atoms with van der Waals surface area (Å²) in [4.78, 5) is 12.2. The zero-order chi connectivity index (χ0) is 17.3. The van der Waals surface area contributed by atoms with Crippen molar-refractivity contribution in [1.29, 1.82) is 0 Å². The van der Waals surface area contributed by atoms with Crippen LogP contribution in [0.5, 0.6) is 5.75 Å². The molecule has 3 rings (SSSR count). The van der Waals surface area contributed by atoms with Gasteiger partial charge in [0.2, 0.25) is 0 Å². The van der Waals surface area contributed by atoms with E-state index in [1.165, 1.54) is 12.7 Å². The molecule has 1 aromatic rings. The van der Waals surface area contributed by atoms with Crippen LogP contribution in [0.3, 0.4) is 0 Å². The van der Waals surface area contributed by atoms with Crippen LogP contribution in [0, 0.1) is 0 Å². The third kappa shape index (κ3) is 3.34. The van der Waals surface area contributed by atoms with Crippen LogP contribution < -0.4 is 10.5 Å². The molecule has 0 amide bonds. The summed E-state index contributed by atoms with van der Waals surface area (Å²) in [5.74, 6) is 0.874. The minimum atomic E-state index is -2.61. The maximum atomic E-state index is 12.3. The van der Waals surface area contributed by atoms with Gasteiger partial charge in [-0.2, -0.15) is 0 Å². The summed E-state index contributed by atoms with van der Waals surface area (Å²) in [7, 11) is 0. The molecular weight excluding hydrogens is 363 g/mol. The van der Waals surface area contributed by atoms with Gasteiger partial charge in [0.05, 0.1) is 22.9 Å². The SMILES string of the molecule is Nc1ncn(Cc2cc(Cl)c(OCC(F)F)c(Cl)c2)c2ncnc1-2. The normalized spacial score (nSPS) is 11.4. The van der Waals surface area contributed by atoms with Gasteiger partial charge in [-0.3, -0.25) is 0 Å². The van der Waals surface area contributed by atoms with Crippen molar-refractivity contribution in [2.75, 3.05) is 12.3 Å². The third-order valence-corrected chi connectivity index (χ3v) is 3.76. The number of hydrogen-bond donors (Lipinski definition) is 1. The lowest BCUT2D eigenvalue weighted by Crippen LogP contribution is -2.10. The molecule has 2 aliphatic heterocycles. The van der Waals surface area contributed by atoms with E-state index in [9.17, 15) is 8.78 Å². The second kappa shape index (κ2) is 6.74. The van der Waals surface area contributed by atoms with Gasteiger partial charge in [0, 0.05) is 0 Å². The van der Waals surface area contributed by atoms with Gasteiger partial charge in [-0.1, -0.05) is 23.2 Å². The Morgan fingerprint density at radius 2 is 1.88 bits per heavy atom. The summed E-state index contributed by atoms with van der Waals surface area (Å²) in [5.41, 5.74) is 6.95. The molecule has 2 aliphatic rings. The van der Waals surface area contributed by atoms with E-state index < -0.39 is 13.0 Å². The minimum absolute atomic E-state index is 0.0288. The number of alkyl halides is 2. The van der Waals surface area contributed by atoms with Crippen LogP contribution in [0.15, 0.2) is 24.8 Å². The Labute approximate surface area is 145 Å². The second-order valence-corrected chi connectivity index (χ2v) is 5.71. The number of hydrogen-bond acceptors (Lipinski definition) is 5. The van der Waals surface area contributed by atoms with Crippen molar-refractivity contribution < 1.29 is 13.5 Å². The van der Waals surface area contributed by atoms with Gasteiger partial charge >= 0.3 is 0 Å². The molecule has 0 atom stereocenters. The number of aromatic nitrogens is 4. The maximum absolute atomic E-state index is 12.3. The highest BCUT2D eigenvalue weighted by Crippen LogP contribution is 2.35. The van der Waals surface area contributed by atoms with Gasteiger partial charge in [-0.25, -0.2) is 23.7 Å². The van der Waals surface area contributed by atoms with E-state index in [-0.39, 0.29) is 21.6 Å². The number of rotatable bonds is 5. The first-order valence-electron chi connectivity index (χ1n) is 6.76. The number of imidazole rings is 1. The monoisotopic (exact) mass is 373 g/mol. The summed E-state index contributed by atoms with van der Waals surface area (Å²) >= 11 is 12.2. The van der Waals surface area contributed by atoms with Gasteiger partial charge in [0.25, 0.3) is 6.43 Å². The zero-order valence-corrected chi connectivity index (χ0v) is 13.6. The molecule has 0 unspecified atom stereocenters. The average molecular weight is 374 g/mol. The van der Waals surface area contributed by atoms with E-state index >= 15 is 0 Å². The number of nitrogens with zero attached hydrogens (tertiary/aromatic N) is 4. The molecule has 0 aromatic heterocycles. The van der Waals surface area contributed by atoms with Crippen LogP contribution in [0.1, 0.15) is 5.56 Å². The van der Waals surface area contributed by atoms with Crippen LogP contribution in [-0.2, 0) is 6.54 Å². The molecule has 0 fully saturated rings. The molecule has 0 bridgehead atoms. The molecule has 2 N–H and O–H groups in total. The van der Waals surface area contributed by atoms with E-state index in [0.717, 1.165) is 5.56 Å². The number of benzene rings is 1. The second-order valence-electron chi connectivity index (χ2n) is 4.89. The fourth-order valence-corrected chi connectivity index (χ4v) is 2.84. The molecule has 0 saturated heterocycles. The smallest absolute Gasteiger partial charge is 0.272 e. The lowest BCUT2D eigenvalue weighted by atomic mass is 10.2. The first kappa shape index (κ1) is 16.7. The van der Waals surface area contributed by atoms with E-state index in [4.69, 9.17) is 33.7 Å². The Bertz CT molecular complexity index is 819. The van der Waals surface area contributed by atoms with Crippen molar-refractivity contribution in [3.05, 3.63) is 40.4 Å². The summed E-state index contributed by atoms with van der Waals surface area (Å²) in [6.07, 6.45) is 0.299. The Hall–Kier alpha value is -2.19. The molecule has 1 aromatic carbocycles. The van der Waals surface area contributed by atoms with Crippen LogP contribution in [0.25, 0.3) is 11.5 Å². The lowest BCUT2D eigenvalue weighted by Gasteiger charge is -2.14. The summed E-state index contributed by atoms with van der Waals surface area (Å²) in [6.45, 7) is -0.434. The molecule has 6 nitrogen and oxygen atoms in total. The van der Waals surface area contributed by atoms with Crippen LogP contribution in [0.4, 0.5) is 14.6 Å². The fraction of sp³-hybridized carbons (Fsp3) is 0.214. The van der Waals surface area contributed by atoms with Crippen molar-refractivity contribution in [3.8, 4) is 17.3 Å². The van der Waals surface area contributed by atoms with Crippen molar-refractivity contribution in [2.45, 2.75) is 13.0 Å². The number of nitrogens with two attached hydrogens (primary N) is 1. The van der Waals surface area contributed by atoms with E-state index in [2.05, 4.69) is 15.0 Å². The van der Waals surface area contributed by atoms with E-state index in [1.807, 2.05) is 0 Å². The highest BCUT2D eigenvalue weighted by atomic mass is 35.5. The van der Waals surface area contributed by atoms with Crippen LogP contribution in [-0.4, -0.2) is 32.6 Å². The number of ether oxygens (including phenoxy) is 1. The Kier molecular flexibility index (Phi) is 4.68. The van der Waals surface area contributed by atoms with Crippen LogP contribution >= 0.6 is 23.2 Å². The predicted octanol–water partition coefficient (Wildman–Crippen LogP) is 3.36. The van der Waals surface area contributed by atoms with Crippen molar-refractivity contribution >= 4 is 29.0 Å². The van der Waals surface area contributed by atoms with Gasteiger partial charge in [0.1, 0.15) is 18.6 Å². The van der Waals surface area contributed by atoms with Crippen molar-refractivity contribution in [2.24, 2.45) is 0 Å². The van der Waals surface area contributed by atoms with Crippen LogP contribution in [0.2, 0.25) is 10.0 Å². The van der Waals surface area contributed by atoms with E-state index in [1.54, 1.807) is 16.7 Å². The van der Waals surface area contributed by atoms with Gasteiger partial charge in [0.15, 0.2) is 17.4 Å². The summed E-state index contributed by atoms with van der Waals surface area (Å²) in [5, 5.41) is 0.291. The highest BCUT2D eigenvalue weighted by Gasteiger charge is 2.17. The molecule has 10 heteroatoms. The number of halogens is 4. The Balaban J connectivity index is 1.88. The summed E-state index contributed by atoms with van der Waals surface area (Å²) < 4.78 is 31.2. The average Bonchev–Trinajstić information content (AvgIpc) is 2.99. The standard InChI is InChI=1S/C14H11Cl2F2N5O/c15-8-1-7(2-9(16)12(8)24-4-10(17)18)3-23-6-22-13(19)11-14(23)21-5-20-11/h1-2,5-6,10H,3-4,19H2. The number of fused-ring (bicyclic) bond motifs is 1. The van der Waals surface area contributed by atoms with Gasteiger partial charge < -0.3 is 15.0 Å². The molecule has 0 saturated carbocycles. The molecule has 126 valence electrons. The fourth-order valence-electron chi connectivity index (χ4n) is 2.20. The molecule has 0 radical (unpaired) electrons. The topological polar surface area (TPSA) is 78.8 Å². The molecule has 0 aliphatic carbocycles. The lowest BCUT2D eigenvalue weighted by molar-refractivity contribution is 0.0820. The van der Waals surface area contributed by atoms with E-state index in [0.29, 0.717) is 18.1 Å². The molecule has 24 heavy (non-hydrogen) atoms. The largest absolute Gasteiger partial charge is 0.485 e. The van der Waals surface area contributed by atoms with Crippen molar-refractivity contribution in [3.63, 3.8) is 0 Å². The number of anilines is 1.